The van der Waals surface area contributed by atoms with Gasteiger partial charge in [0.25, 0.3) is 0 Å². The maximum atomic E-state index is 12.7. The third-order valence-corrected chi connectivity index (χ3v) is 5.92. The van der Waals surface area contributed by atoms with Gasteiger partial charge in [-0.3, -0.25) is 4.79 Å². The van der Waals surface area contributed by atoms with Crippen LogP contribution in [0.3, 0.4) is 0 Å². The van der Waals surface area contributed by atoms with Crippen LogP contribution in [0.2, 0.25) is 0 Å². The highest BCUT2D eigenvalue weighted by molar-refractivity contribution is 8.01. The van der Waals surface area contributed by atoms with E-state index >= 15 is 0 Å². The molecule has 0 bridgehead atoms. The van der Waals surface area contributed by atoms with Gasteiger partial charge in [-0.2, -0.15) is 5.10 Å². The van der Waals surface area contributed by atoms with E-state index in [0.29, 0.717) is 0 Å². The molecule has 2 heterocycles. The number of aryl methyl sites for hydroxylation is 1. The van der Waals surface area contributed by atoms with E-state index in [-0.39, 0.29) is 17.2 Å². The molecule has 6 heteroatoms. The summed E-state index contributed by atoms with van der Waals surface area (Å²) in [4.78, 5) is 17.9. The second-order valence-electron chi connectivity index (χ2n) is 6.58. The van der Waals surface area contributed by atoms with Gasteiger partial charge in [0.05, 0.1) is 17.0 Å². The van der Waals surface area contributed by atoms with Gasteiger partial charge in [0.1, 0.15) is 12.7 Å². The molecule has 0 fully saturated rings. The van der Waals surface area contributed by atoms with Crippen LogP contribution in [0.5, 0.6) is 0 Å². The van der Waals surface area contributed by atoms with Crippen LogP contribution in [-0.2, 0) is 11.2 Å². The Labute approximate surface area is 156 Å². The summed E-state index contributed by atoms with van der Waals surface area (Å²) in [6.07, 6.45) is 3.97. The molecule has 132 valence electrons. The minimum Gasteiger partial charge on any atom is -0.349 e. The number of aromatic nitrogens is 3. The predicted molar refractivity (Wildman–Crippen MR) is 102 cm³/mol. The fourth-order valence-corrected chi connectivity index (χ4v) is 4.43. The normalized spacial score (nSPS) is 16.9. The van der Waals surface area contributed by atoms with Crippen molar-refractivity contribution in [1.82, 2.24) is 20.1 Å². The fourth-order valence-electron chi connectivity index (χ4n) is 3.13. The minimum absolute atomic E-state index is 0.0432. The highest BCUT2D eigenvalue weighted by Crippen LogP contribution is 2.37. The fraction of sp³-hybridized carbons (Fsp3) is 0.250. The largest absolute Gasteiger partial charge is 0.349 e. The quantitative estimate of drug-likeness (QED) is 0.770. The Bertz CT molecular complexity index is 921. The molecule has 1 aliphatic heterocycles. The number of nitrogens with zero attached hydrogens (tertiary/aromatic N) is 3. The first kappa shape index (κ1) is 16.8. The van der Waals surface area contributed by atoms with Crippen LogP contribution in [-0.4, -0.2) is 25.9 Å². The van der Waals surface area contributed by atoms with E-state index in [1.54, 1.807) is 22.8 Å². The number of carbonyl (C=O) groups is 1. The van der Waals surface area contributed by atoms with Gasteiger partial charge in [-0.25, -0.2) is 9.67 Å². The summed E-state index contributed by atoms with van der Waals surface area (Å²) in [6, 6.07) is 14.4. The van der Waals surface area contributed by atoms with Crippen LogP contribution in [0.1, 0.15) is 29.7 Å². The third kappa shape index (κ3) is 3.37. The van der Waals surface area contributed by atoms with Crippen molar-refractivity contribution < 1.29 is 4.79 Å². The van der Waals surface area contributed by atoms with Gasteiger partial charge >= 0.3 is 0 Å². The summed E-state index contributed by atoms with van der Waals surface area (Å²) < 4.78 is 1.71. The average Bonchev–Trinajstić information content (AvgIpc) is 3.31. The van der Waals surface area contributed by atoms with Crippen molar-refractivity contribution in [3.8, 4) is 5.69 Å². The SMILES string of the molecule is Cc1ccc2c(c1)S[C@H](C(=O)N[C@H](C)c1ccc(-n3cncn3)cc1)C2. The number of hydrogen-bond acceptors (Lipinski definition) is 4. The number of fused-ring (bicyclic) bond motifs is 1. The van der Waals surface area contributed by atoms with Crippen LogP contribution >= 0.6 is 11.8 Å². The molecule has 0 spiro atoms. The zero-order valence-corrected chi connectivity index (χ0v) is 15.5. The maximum Gasteiger partial charge on any atom is 0.234 e. The summed E-state index contributed by atoms with van der Waals surface area (Å²) in [5.74, 6) is 0.0942. The zero-order valence-electron chi connectivity index (χ0n) is 14.7. The summed E-state index contributed by atoms with van der Waals surface area (Å²) in [5.41, 5.74) is 4.52. The zero-order chi connectivity index (χ0) is 18.1. The molecule has 4 rings (SSSR count). The molecule has 5 nitrogen and oxygen atoms in total. The molecule has 1 N–H and O–H groups in total. The minimum atomic E-state index is -0.0522. The van der Waals surface area contributed by atoms with Gasteiger partial charge in [0, 0.05) is 4.90 Å². The van der Waals surface area contributed by atoms with E-state index in [0.717, 1.165) is 17.7 Å². The van der Waals surface area contributed by atoms with E-state index in [4.69, 9.17) is 0 Å². The van der Waals surface area contributed by atoms with Crippen LogP contribution < -0.4 is 5.32 Å². The molecule has 26 heavy (non-hydrogen) atoms. The molecule has 3 aromatic rings. The first-order chi connectivity index (χ1) is 12.6. The number of hydrogen-bond donors (Lipinski definition) is 1. The first-order valence-electron chi connectivity index (χ1n) is 8.61. The van der Waals surface area contributed by atoms with Gasteiger partial charge in [-0.1, -0.05) is 29.8 Å². The number of benzene rings is 2. The van der Waals surface area contributed by atoms with Crippen molar-refractivity contribution in [3.63, 3.8) is 0 Å². The van der Waals surface area contributed by atoms with E-state index in [1.165, 1.54) is 22.3 Å². The Hall–Kier alpha value is -2.60. The van der Waals surface area contributed by atoms with Gasteiger partial charge in [-0.05, 0) is 49.6 Å². The van der Waals surface area contributed by atoms with E-state index in [2.05, 4.69) is 40.5 Å². The van der Waals surface area contributed by atoms with Crippen LogP contribution in [0.25, 0.3) is 5.69 Å². The second kappa shape index (κ2) is 6.96. The number of thioether (sulfide) groups is 1. The molecule has 0 radical (unpaired) electrons. The predicted octanol–water partition coefficient (Wildman–Crippen LogP) is 3.47. The molecule has 0 saturated carbocycles. The molecule has 1 aromatic heterocycles. The lowest BCUT2D eigenvalue weighted by Crippen LogP contribution is -2.34. The van der Waals surface area contributed by atoms with Gasteiger partial charge in [0.2, 0.25) is 5.91 Å². The molecule has 1 amide bonds. The summed E-state index contributed by atoms with van der Waals surface area (Å²) in [5, 5.41) is 7.22. The molecule has 2 aromatic carbocycles. The van der Waals surface area contributed by atoms with Gasteiger partial charge in [-0.15, -0.1) is 11.8 Å². The Morgan fingerprint density at radius 2 is 2.08 bits per heavy atom. The summed E-state index contributed by atoms with van der Waals surface area (Å²) >= 11 is 1.67. The molecule has 0 unspecified atom stereocenters. The molecule has 2 atom stereocenters. The Morgan fingerprint density at radius 3 is 2.81 bits per heavy atom. The van der Waals surface area contributed by atoms with Crippen molar-refractivity contribution in [1.29, 1.82) is 0 Å². The van der Waals surface area contributed by atoms with Gasteiger partial charge in [0.15, 0.2) is 0 Å². The standard InChI is InChI=1S/C20H20N4OS/c1-13-3-4-16-10-19(26-18(16)9-13)20(25)23-14(2)15-5-7-17(8-6-15)24-12-21-11-22-24/h3-9,11-12,14,19H,10H2,1-2H3,(H,23,25)/t14-,19+/m1/s1. The maximum absolute atomic E-state index is 12.7. The van der Waals surface area contributed by atoms with Crippen molar-refractivity contribution in [2.45, 2.75) is 36.5 Å². The number of nitrogens with one attached hydrogen (secondary N) is 1. The monoisotopic (exact) mass is 364 g/mol. The first-order valence-corrected chi connectivity index (χ1v) is 9.49. The third-order valence-electron chi connectivity index (χ3n) is 4.62. The van der Waals surface area contributed by atoms with E-state index in [9.17, 15) is 4.79 Å². The number of amides is 1. The Balaban J connectivity index is 1.40. The lowest BCUT2D eigenvalue weighted by atomic mass is 10.1. The Morgan fingerprint density at radius 1 is 1.27 bits per heavy atom. The molecule has 0 saturated heterocycles. The lowest BCUT2D eigenvalue weighted by molar-refractivity contribution is -0.121. The van der Waals surface area contributed by atoms with Crippen molar-refractivity contribution in [2.75, 3.05) is 0 Å². The molecular weight excluding hydrogens is 344 g/mol. The highest BCUT2D eigenvalue weighted by atomic mass is 32.2. The van der Waals surface area contributed by atoms with Crippen molar-refractivity contribution in [3.05, 3.63) is 71.8 Å². The van der Waals surface area contributed by atoms with Crippen molar-refractivity contribution >= 4 is 17.7 Å². The van der Waals surface area contributed by atoms with Crippen LogP contribution in [0.15, 0.2) is 60.0 Å². The average molecular weight is 364 g/mol. The summed E-state index contributed by atoms with van der Waals surface area (Å²) in [7, 11) is 0. The Kier molecular flexibility index (Phi) is 4.51. The van der Waals surface area contributed by atoms with Crippen molar-refractivity contribution in [2.24, 2.45) is 0 Å². The topological polar surface area (TPSA) is 59.8 Å². The highest BCUT2D eigenvalue weighted by Gasteiger charge is 2.29. The van der Waals surface area contributed by atoms with E-state index in [1.807, 2.05) is 31.2 Å². The second-order valence-corrected chi connectivity index (χ2v) is 7.83. The molecular formula is C20H20N4OS. The van der Waals surface area contributed by atoms with Crippen LogP contribution in [0.4, 0.5) is 0 Å². The summed E-state index contributed by atoms with van der Waals surface area (Å²) in [6.45, 7) is 4.10. The number of carbonyl (C=O) groups excluding carboxylic acids is 1. The molecule has 1 aliphatic rings. The van der Waals surface area contributed by atoms with Crippen LogP contribution in [0, 0.1) is 6.92 Å². The molecule has 0 aliphatic carbocycles. The smallest absolute Gasteiger partial charge is 0.234 e. The van der Waals surface area contributed by atoms with Gasteiger partial charge < -0.3 is 5.32 Å². The number of rotatable bonds is 4. The van der Waals surface area contributed by atoms with E-state index < -0.39 is 0 Å². The lowest BCUT2D eigenvalue weighted by Gasteiger charge is -2.17.